The molecular formula is C23H50N2S3. The minimum Gasteiger partial charge on any atom is -0.315 e. The van der Waals surface area contributed by atoms with Crippen LogP contribution < -0.4 is 10.6 Å². The largest absolute Gasteiger partial charge is 0.315 e. The Morgan fingerprint density at radius 1 is 0.786 bits per heavy atom. The van der Waals surface area contributed by atoms with E-state index in [4.69, 9.17) is 0 Å². The highest BCUT2D eigenvalue weighted by Gasteiger charge is 2.56. The maximum Gasteiger partial charge on any atom is 0.00989 e. The molecular weight excluding hydrogens is 400 g/mol. The fraction of sp³-hybridized carbons (Fsp3) is 1.00. The Balaban J connectivity index is 0.00000182. The fourth-order valence-corrected chi connectivity index (χ4v) is 7.26. The molecule has 7 atom stereocenters. The highest BCUT2D eigenvalue weighted by Crippen LogP contribution is 2.62. The van der Waals surface area contributed by atoms with Crippen LogP contribution in [0.25, 0.3) is 0 Å². The maximum absolute atomic E-state index is 3.88. The number of rotatable bonds is 6. The van der Waals surface area contributed by atoms with Gasteiger partial charge in [-0.05, 0) is 85.0 Å². The van der Waals surface area contributed by atoms with Crippen LogP contribution >= 0.6 is 40.5 Å². The second-order valence-corrected chi connectivity index (χ2v) is 10.9. The van der Waals surface area contributed by atoms with E-state index in [1.54, 1.807) is 0 Å². The van der Waals surface area contributed by atoms with E-state index < -0.39 is 0 Å². The van der Waals surface area contributed by atoms with Gasteiger partial charge < -0.3 is 10.6 Å². The smallest absolute Gasteiger partial charge is 0.00989 e. The summed E-state index contributed by atoms with van der Waals surface area (Å²) in [6, 6.07) is 0.768. The minimum absolute atomic E-state index is 0. The van der Waals surface area contributed by atoms with Crippen molar-refractivity contribution in [3.05, 3.63) is 0 Å². The highest BCUT2D eigenvalue weighted by atomic mass is 32.1. The molecule has 3 unspecified atom stereocenters. The first-order valence-corrected chi connectivity index (χ1v) is 10.8. The third-order valence-corrected chi connectivity index (χ3v) is 9.47. The van der Waals surface area contributed by atoms with Crippen LogP contribution in [-0.2, 0) is 0 Å². The van der Waals surface area contributed by atoms with E-state index in [0.29, 0.717) is 10.8 Å². The van der Waals surface area contributed by atoms with Crippen LogP contribution in [0.2, 0.25) is 0 Å². The maximum atomic E-state index is 3.88. The lowest BCUT2D eigenvalue weighted by molar-refractivity contribution is -0.115. The molecule has 0 aromatic heterocycles. The fourth-order valence-electron chi connectivity index (χ4n) is 7.26. The number of hydrogen-bond donors (Lipinski definition) is 2. The van der Waals surface area contributed by atoms with Crippen molar-refractivity contribution < 1.29 is 0 Å². The van der Waals surface area contributed by atoms with Crippen LogP contribution in [0.3, 0.4) is 0 Å². The second-order valence-electron chi connectivity index (χ2n) is 10.9. The Morgan fingerprint density at radius 3 is 1.93 bits per heavy atom. The summed E-state index contributed by atoms with van der Waals surface area (Å²) in [6.07, 6.45) is 7.36. The normalized spacial score (nSPS) is 40.8. The monoisotopic (exact) mass is 450 g/mol. The molecule has 5 heteroatoms. The van der Waals surface area contributed by atoms with E-state index in [-0.39, 0.29) is 47.9 Å². The predicted molar refractivity (Wildman–Crippen MR) is 140 cm³/mol. The van der Waals surface area contributed by atoms with E-state index in [2.05, 4.69) is 45.3 Å². The molecule has 0 aliphatic heterocycles. The molecule has 170 valence electrons. The molecule has 4 bridgehead atoms. The van der Waals surface area contributed by atoms with Crippen LogP contribution in [-0.4, -0.2) is 25.7 Å². The molecule has 0 saturated heterocycles. The van der Waals surface area contributed by atoms with Crippen molar-refractivity contribution >= 4 is 40.5 Å². The molecule has 6 fully saturated rings. The van der Waals surface area contributed by atoms with Crippen LogP contribution in [0.4, 0.5) is 0 Å². The molecule has 0 aromatic carbocycles. The predicted octanol–water partition coefficient (Wildman–Crippen LogP) is 5.28. The number of nitrogens with one attached hydrogen (secondary N) is 2. The Bertz CT molecular complexity index is 480. The van der Waals surface area contributed by atoms with Crippen molar-refractivity contribution in [1.82, 2.24) is 10.6 Å². The van der Waals surface area contributed by atoms with Crippen molar-refractivity contribution in [3.8, 4) is 0 Å². The topological polar surface area (TPSA) is 24.1 Å². The van der Waals surface area contributed by atoms with Crippen LogP contribution in [0.1, 0.15) is 74.1 Å². The number of fused-ring (bicyclic) bond motifs is 4. The Morgan fingerprint density at radius 2 is 1.39 bits per heavy atom. The molecule has 0 heterocycles. The average Bonchev–Trinajstić information content (AvgIpc) is 2.55. The van der Waals surface area contributed by atoms with Crippen molar-refractivity contribution in [2.75, 3.05) is 19.6 Å². The molecule has 6 aliphatic carbocycles. The molecule has 2 N–H and O–H groups in total. The van der Waals surface area contributed by atoms with Gasteiger partial charge in [-0.15, -0.1) is 0 Å². The van der Waals surface area contributed by atoms with Gasteiger partial charge in [0.25, 0.3) is 0 Å². The Labute approximate surface area is 196 Å². The zero-order chi connectivity index (χ0) is 17.1. The van der Waals surface area contributed by atoms with E-state index in [0.717, 1.165) is 54.6 Å². The summed E-state index contributed by atoms with van der Waals surface area (Å²) < 4.78 is 0. The molecule has 0 radical (unpaired) electrons. The van der Waals surface area contributed by atoms with Gasteiger partial charge in [-0.25, -0.2) is 0 Å². The molecule has 6 rings (SSSR count). The van der Waals surface area contributed by atoms with Gasteiger partial charge in [0.15, 0.2) is 0 Å². The van der Waals surface area contributed by atoms with Gasteiger partial charge >= 0.3 is 0 Å². The van der Waals surface area contributed by atoms with Gasteiger partial charge in [-0.3, -0.25) is 0 Å². The third kappa shape index (κ3) is 4.74. The summed E-state index contributed by atoms with van der Waals surface area (Å²) >= 11 is 0. The number of hydrogen-bond acceptors (Lipinski definition) is 2. The van der Waals surface area contributed by atoms with Crippen LogP contribution in [0.15, 0.2) is 0 Å². The Kier molecular flexibility index (Phi) is 10.9. The van der Waals surface area contributed by atoms with Crippen molar-refractivity contribution in [2.24, 2.45) is 46.3 Å². The van der Waals surface area contributed by atoms with Gasteiger partial charge in [-0.2, -0.15) is 40.5 Å². The van der Waals surface area contributed by atoms with E-state index in [1.807, 2.05) is 0 Å². The molecule has 6 aliphatic rings. The highest BCUT2D eigenvalue weighted by molar-refractivity contribution is 7.59. The lowest BCUT2D eigenvalue weighted by Crippen LogP contribution is -2.60. The van der Waals surface area contributed by atoms with Crippen molar-refractivity contribution in [3.63, 3.8) is 0 Å². The Hall–Kier alpha value is 0.970. The lowest BCUT2D eigenvalue weighted by Gasteiger charge is -2.62. The van der Waals surface area contributed by atoms with Gasteiger partial charge in [0.05, 0.1) is 0 Å². The second kappa shape index (κ2) is 10.5. The summed E-state index contributed by atoms with van der Waals surface area (Å²) in [5, 5.41) is 7.66. The van der Waals surface area contributed by atoms with Gasteiger partial charge in [0.1, 0.15) is 0 Å². The van der Waals surface area contributed by atoms with E-state index >= 15 is 0 Å². The first-order chi connectivity index (χ1) is 11.3. The first kappa shape index (κ1) is 29.0. The summed E-state index contributed by atoms with van der Waals surface area (Å²) in [5.74, 6) is 5.74. The summed E-state index contributed by atoms with van der Waals surface area (Å²) in [5.41, 5.74) is 1.25. The molecule has 2 nitrogen and oxygen atoms in total. The summed E-state index contributed by atoms with van der Waals surface area (Å²) in [6.45, 7) is 16.1. The van der Waals surface area contributed by atoms with Crippen molar-refractivity contribution in [2.45, 2.75) is 80.2 Å². The molecule has 0 spiro atoms. The standard InChI is InChI=1S/C22H40N2.CH4.3H2S/c1-14-18-11-17(22(18,4)5)12-20(14)24-9-8-23-13-15-6-7-16-10-19(15)21(16,2)3;;;;/h14-20,23-24H,6-13H2,1-5H3;1H4;3*1H2/t14-,15?,16?,17+,18?,19+,20-;;;;/m1..../s1. The van der Waals surface area contributed by atoms with Gasteiger partial charge in [0.2, 0.25) is 0 Å². The summed E-state index contributed by atoms with van der Waals surface area (Å²) in [4.78, 5) is 0. The molecule has 0 amide bonds. The van der Waals surface area contributed by atoms with Gasteiger partial charge in [-0.1, -0.05) is 42.0 Å². The zero-order valence-electron chi connectivity index (χ0n) is 18.2. The first-order valence-electron chi connectivity index (χ1n) is 10.8. The zero-order valence-corrected chi connectivity index (χ0v) is 21.2. The van der Waals surface area contributed by atoms with E-state index in [9.17, 15) is 0 Å². The minimum atomic E-state index is 0. The molecule has 6 saturated carbocycles. The van der Waals surface area contributed by atoms with Crippen molar-refractivity contribution in [1.29, 1.82) is 0 Å². The third-order valence-electron chi connectivity index (χ3n) is 9.47. The molecule has 28 heavy (non-hydrogen) atoms. The quantitative estimate of drug-likeness (QED) is 0.538. The molecule has 0 aromatic rings. The lowest BCUT2D eigenvalue weighted by atomic mass is 9.45. The SMILES string of the molecule is C.C[C@@H]1C2C[C@@H](C[C@H]1NCCNCC1CCC3C[C@@H]1C3(C)C)C2(C)C.S.S.S. The van der Waals surface area contributed by atoms with Gasteiger partial charge in [0, 0.05) is 19.1 Å². The van der Waals surface area contributed by atoms with E-state index in [1.165, 1.54) is 38.6 Å². The van der Waals surface area contributed by atoms with Crippen LogP contribution in [0, 0.1) is 46.3 Å². The summed E-state index contributed by atoms with van der Waals surface area (Å²) in [7, 11) is 0. The average molecular weight is 451 g/mol. The van der Waals surface area contributed by atoms with Crippen LogP contribution in [0.5, 0.6) is 0 Å².